The molecule has 0 bridgehead atoms. The Hall–Kier alpha value is -2.37. The van der Waals surface area contributed by atoms with Crippen molar-refractivity contribution in [3.8, 4) is 0 Å². The van der Waals surface area contributed by atoms with Crippen LogP contribution < -0.4 is 5.73 Å². The van der Waals surface area contributed by atoms with Gasteiger partial charge in [-0.2, -0.15) is 4.98 Å². The van der Waals surface area contributed by atoms with Crippen molar-refractivity contribution in [2.75, 3.05) is 6.54 Å². The van der Waals surface area contributed by atoms with Crippen molar-refractivity contribution in [3.05, 3.63) is 47.6 Å². The van der Waals surface area contributed by atoms with Gasteiger partial charge in [-0.05, 0) is 24.8 Å². The first kappa shape index (κ1) is 13.6. The Balaban J connectivity index is 1.76. The minimum absolute atomic E-state index is 0.162. The Kier molecular flexibility index (Phi) is 3.85. The van der Waals surface area contributed by atoms with Crippen molar-refractivity contribution in [3.63, 3.8) is 0 Å². The van der Waals surface area contributed by atoms with Crippen LogP contribution in [0, 0.1) is 0 Å². The number of urea groups is 1. The number of aromatic nitrogens is 2. The molecule has 1 fully saturated rings. The number of nitrogens with two attached hydrogens (primary N) is 1. The fourth-order valence-electron chi connectivity index (χ4n) is 2.71. The standard InChI is InChI=1S/C15H18N4O2/c16-15(20)19-9-5-4-8-12(19)14-17-13(21-18-14)10-11-6-2-1-3-7-11/h1-3,6-7,12H,4-5,8-10H2,(H2,16,20). The third-order valence-electron chi connectivity index (χ3n) is 3.77. The minimum atomic E-state index is -0.422. The first-order valence-electron chi connectivity index (χ1n) is 7.16. The maximum absolute atomic E-state index is 11.5. The fraction of sp³-hybridized carbons (Fsp3) is 0.400. The topological polar surface area (TPSA) is 85.3 Å². The van der Waals surface area contributed by atoms with Gasteiger partial charge in [0.2, 0.25) is 5.89 Å². The molecule has 0 saturated carbocycles. The molecule has 1 unspecified atom stereocenters. The van der Waals surface area contributed by atoms with Crippen LogP contribution in [0.5, 0.6) is 0 Å². The predicted molar refractivity (Wildman–Crippen MR) is 76.4 cm³/mol. The Morgan fingerprint density at radius 2 is 2.14 bits per heavy atom. The molecular formula is C15H18N4O2. The molecule has 2 N–H and O–H groups in total. The normalized spacial score (nSPS) is 18.7. The van der Waals surface area contributed by atoms with Crippen LogP contribution in [0.1, 0.15) is 42.6 Å². The van der Waals surface area contributed by atoms with Gasteiger partial charge >= 0.3 is 6.03 Å². The minimum Gasteiger partial charge on any atom is -0.351 e. The van der Waals surface area contributed by atoms with Crippen molar-refractivity contribution >= 4 is 6.03 Å². The molecule has 2 amide bonds. The summed E-state index contributed by atoms with van der Waals surface area (Å²) >= 11 is 0. The number of hydrogen-bond donors (Lipinski definition) is 1. The Morgan fingerprint density at radius 1 is 1.33 bits per heavy atom. The second-order valence-corrected chi connectivity index (χ2v) is 5.25. The van der Waals surface area contributed by atoms with Gasteiger partial charge < -0.3 is 15.2 Å². The highest BCUT2D eigenvalue weighted by molar-refractivity contribution is 5.72. The van der Waals surface area contributed by atoms with Crippen LogP contribution in [0.15, 0.2) is 34.9 Å². The average Bonchev–Trinajstić information content (AvgIpc) is 2.96. The van der Waals surface area contributed by atoms with Gasteiger partial charge in [-0.3, -0.25) is 0 Å². The molecule has 110 valence electrons. The zero-order valence-electron chi connectivity index (χ0n) is 11.7. The zero-order valence-corrected chi connectivity index (χ0v) is 11.7. The second-order valence-electron chi connectivity index (χ2n) is 5.25. The van der Waals surface area contributed by atoms with Crippen LogP contribution in [0.2, 0.25) is 0 Å². The van der Waals surface area contributed by atoms with Gasteiger partial charge in [0.05, 0.1) is 12.5 Å². The lowest BCUT2D eigenvalue weighted by Gasteiger charge is -2.32. The number of carbonyl (C=O) groups excluding carboxylic acids is 1. The van der Waals surface area contributed by atoms with Crippen LogP contribution in [0.25, 0.3) is 0 Å². The third-order valence-corrected chi connectivity index (χ3v) is 3.77. The molecule has 6 nitrogen and oxygen atoms in total. The number of primary amides is 1. The van der Waals surface area contributed by atoms with Gasteiger partial charge in [-0.25, -0.2) is 4.79 Å². The van der Waals surface area contributed by atoms with E-state index in [0.29, 0.717) is 24.7 Å². The molecular weight excluding hydrogens is 268 g/mol. The first-order chi connectivity index (χ1) is 10.2. The summed E-state index contributed by atoms with van der Waals surface area (Å²) in [6.07, 6.45) is 3.43. The second kappa shape index (κ2) is 5.95. The summed E-state index contributed by atoms with van der Waals surface area (Å²) < 4.78 is 5.31. The number of likely N-dealkylation sites (tertiary alicyclic amines) is 1. The monoisotopic (exact) mass is 286 g/mol. The molecule has 0 radical (unpaired) electrons. The summed E-state index contributed by atoms with van der Waals surface area (Å²) in [6.45, 7) is 0.655. The predicted octanol–water partition coefficient (Wildman–Crippen LogP) is 2.27. The van der Waals surface area contributed by atoms with Gasteiger partial charge in [0.25, 0.3) is 0 Å². The molecule has 21 heavy (non-hydrogen) atoms. The Labute approximate surface area is 122 Å². The molecule has 1 aliphatic rings. The number of amides is 2. The lowest BCUT2D eigenvalue weighted by atomic mass is 10.0. The van der Waals surface area contributed by atoms with Crippen molar-refractivity contribution in [1.82, 2.24) is 15.0 Å². The number of piperidine rings is 1. The van der Waals surface area contributed by atoms with E-state index in [1.165, 1.54) is 0 Å². The maximum Gasteiger partial charge on any atom is 0.315 e. The number of carbonyl (C=O) groups is 1. The summed E-state index contributed by atoms with van der Waals surface area (Å²) in [4.78, 5) is 17.6. The summed E-state index contributed by atoms with van der Waals surface area (Å²) in [5.41, 5.74) is 6.54. The van der Waals surface area contributed by atoms with E-state index in [2.05, 4.69) is 10.1 Å². The van der Waals surface area contributed by atoms with Crippen molar-refractivity contribution in [2.45, 2.75) is 31.7 Å². The van der Waals surface area contributed by atoms with E-state index in [1.54, 1.807) is 4.90 Å². The summed E-state index contributed by atoms with van der Waals surface area (Å²) in [6, 6.07) is 9.36. The molecule has 1 atom stereocenters. The molecule has 2 aromatic rings. The summed E-state index contributed by atoms with van der Waals surface area (Å²) in [5.74, 6) is 1.12. The quantitative estimate of drug-likeness (QED) is 0.937. The Bertz CT molecular complexity index is 611. The van der Waals surface area contributed by atoms with Gasteiger partial charge in [-0.15, -0.1) is 0 Å². The molecule has 1 aromatic heterocycles. The lowest BCUT2D eigenvalue weighted by Crippen LogP contribution is -2.42. The highest BCUT2D eigenvalue weighted by atomic mass is 16.5. The fourth-order valence-corrected chi connectivity index (χ4v) is 2.71. The number of rotatable bonds is 3. The van der Waals surface area contributed by atoms with Crippen LogP contribution >= 0.6 is 0 Å². The summed E-state index contributed by atoms with van der Waals surface area (Å²) in [7, 11) is 0. The molecule has 0 aliphatic carbocycles. The molecule has 0 spiro atoms. The molecule has 2 heterocycles. The van der Waals surface area contributed by atoms with Gasteiger partial charge in [0, 0.05) is 6.54 Å². The Morgan fingerprint density at radius 3 is 2.90 bits per heavy atom. The SMILES string of the molecule is NC(=O)N1CCCCC1c1noc(Cc2ccccc2)n1. The van der Waals surface area contributed by atoms with Crippen molar-refractivity contribution in [1.29, 1.82) is 0 Å². The highest BCUT2D eigenvalue weighted by Gasteiger charge is 2.30. The molecule has 1 saturated heterocycles. The summed E-state index contributed by atoms with van der Waals surface area (Å²) in [5, 5.41) is 4.03. The maximum atomic E-state index is 11.5. The van der Waals surface area contributed by atoms with Crippen LogP contribution in [-0.4, -0.2) is 27.6 Å². The average molecular weight is 286 g/mol. The van der Waals surface area contributed by atoms with E-state index in [4.69, 9.17) is 10.3 Å². The largest absolute Gasteiger partial charge is 0.351 e. The van der Waals surface area contributed by atoms with Crippen molar-refractivity contribution < 1.29 is 9.32 Å². The number of benzene rings is 1. The molecule has 1 aromatic carbocycles. The zero-order chi connectivity index (χ0) is 14.7. The van der Waals surface area contributed by atoms with E-state index in [9.17, 15) is 4.79 Å². The molecule has 1 aliphatic heterocycles. The third kappa shape index (κ3) is 3.04. The van der Waals surface area contributed by atoms with Gasteiger partial charge in [-0.1, -0.05) is 35.5 Å². The first-order valence-corrected chi connectivity index (χ1v) is 7.16. The number of nitrogens with zero attached hydrogens (tertiary/aromatic N) is 3. The van der Waals surface area contributed by atoms with E-state index in [-0.39, 0.29) is 6.04 Å². The van der Waals surface area contributed by atoms with Crippen LogP contribution in [-0.2, 0) is 6.42 Å². The van der Waals surface area contributed by atoms with Crippen LogP contribution in [0.3, 0.4) is 0 Å². The molecule has 3 rings (SSSR count). The van der Waals surface area contributed by atoms with Crippen molar-refractivity contribution in [2.24, 2.45) is 5.73 Å². The smallest absolute Gasteiger partial charge is 0.315 e. The van der Waals surface area contributed by atoms with Gasteiger partial charge in [0.1, 0.15) is 0 Å². The van der Waals surface area contributed by atoms with Crippen LogP contribution in [0.4, 0.5) is 4.79 Å². The van der Waals surface area contributed by atoms with E-state index < -0.39 is 6.03 Å². The van der Waals surface area contributed by atoms with E-state index in [1.807, 2.05) is 30.3 Å². The number of hydrogen-bond acceptors (Lipinski definition) is 4. The van der Waals surface area contributed by atoms with Gasteiger partial charge in [0.15, 0.2) is 5.82 Å². The molecule has 6 heteroatoms. The lowest BCUT2D eigenvalue weighted by molar-refractivity contribution is 0.154. The highest BCUT2D eigenvalue weighted by Crippen LogP contribution is 2.28. The van der Waals surface area contributed by atoms with E-state index in [0.717, 1.165) is 24.8 Å². The van der Waals surface area contributed by atoms with E-state index >= 15 is 0 Å².